The number of aromatic nitrogens is 2. The maximum Gasteiger partial charge on any atom is 0.451 e. The number of halogens is 4. The Morgan fingerprint density at radius 2 is 1.96 bits per heavy atom. The molecule has 23 heavy (non-hydrogen) atoms. The Hall–Kier alpha value is -1.96. The van der Waals surface area contributed by atoms with E-state index in [9.17, 15) is 17.6 Å². The molecule has 0 unspecified atom stereocenters. The van der Waals surface area contributed by atoms with E-state index in [0.717, 1.165) is 12.1 Å². The van der Waals surface area contributed by atoms with Crippen molar-refractivity contribution in [2.45, 2.75) is 32.5 Å². The van der Waals surface area contributed by atoms with Gasteiger partial charge >= 0.3 is 6.18 Å². The molecule has 2 aromatic rings. The summed E-state index contributed by atoms with van der Waals surface area (Å²) in [7, 11) is 0. The number of anilines is 1. The van der Waals surface area contributed by atoms with Gasteiger partial charge in [0.1, 0.15) is 11.6 Å². The van der Waals surface area contributed by atoms with Gasteiger partial charge in [0.25, 0.3) is 0 Å². The fraction of sp³-hybridized carbons (Fsp3) is 0.467. The van der Waals surface area contributed by atoms with Crippen molar-refractivity contribution in [3.8, 4) is 0 Å². The molecule has 4 nitrogen and oxygen atoms in total. The van der Waals surface area contributed by atoms with Crippen LogP contribution >= 0.6 is 0 Å². The number of alkyl halides is 3. The van der Waals surface area contributed by atoms with Crippen LogP contribution in [0.5, 0.6) is 0 Å². The number of nitrogens with zero attached hydrogens (tertiary/aromatic N) is 2. The summed E-state index contributed by atoms with van der Waals surface area (Å²) in [6.07, 6.45) is -4.00. The van der Waals surface area contributed by atoms with Crippen LogP contribution in [0.25, 0.3) is 10.9 Å². The monoisotopic (exact) mass is 331 g/mol. The molecule has 0 aliphatic heterocycles. The Kier molecular flexibility index (Phi) is 5.35. The topological polar surface area (TPSA) is 47.0 Å². The normalized spacial score (nSPS) is 12.1. The lowest BCUT2D eigenvalue weighted by atomic mass is 10.2. The molecule has 1 N–H and O–H groups in total. The molecule has 0 fully saturated rings. The second-order valence-electron chi connectivity index (χ2n) is 5.25. The van der Waals surface area contributed by atoms with Gasteiger partial charge in [-0.2, -0.15) is 13.2 Å². The molecule has 0 amide bonds. The first-order valence-electron chi connectivity index (χ1n) is 7.17. The predicted octanol–water partition coefficient (Wildman–Crippen LogP) is 4.01. The minimum Gasteiger partial charge on any atom is -0.379 e. The highest BCUT2D eigenvalue weighted by molar-refractivity contribution is 5.89. The van der Waals surface area contributed by atoms with Crippen molar-refractivity contribution in [2.75, 3.05) is 18.5 Å². The molecule has 1 aromatic carbocycles. The van der Waals surface area contributed by atoms with Crippen molar-refractivity contribution in [3.63, 3.8) is 0 Å². The zero-order chi connectivity index (χ0) is 17.0. The lowest BCUT2D eigenvalue weighted by Gasteiger charge is -2.13. The number of benzene rings is 1. The fourth-order valence-corrected chi connectivity index (χ4v) is 1.96. The van der Waals surface area contributed by atoms with Crippen LogP contribution in [0.3, 0.4) is 0 Å². The molecule has 126 valence electrons. The van der Waals surface area contributed by atoms with Gasteiger partial charge in [0.15, 0.2) is 0 Å². The standard InChI is InChI=1S/C15H17F4N3O/c1-9(2)23-7-3-6-20-13-11-8-10(16)4-5-12(11)21-14(22-13)15(17,18)19/h4-5,8-9H,3,6-7H2,1-2H3,(H,20,21,22). The van der Waals surface area contributed by atoms with E-state index < -0.39 is 17.8 Å². The largest absolute Gasteiger partial charge is 0.451 e. The molecule has 0 saturated carbocycles. The predicted molar refractivity (Wildman–Crippen MR) is 78.7 cm³/mol. The van der Waals surface area contributed by atoms with E-state index in [2.05, 4.69) is 15.3 Å². The molecular formula is C15H17F4N3O. The lowest BCUT2D eigenvalue weighted by Crippen LogP contribution is -2.15. The zero-order valence-corrected chi connectivity index (χ0v) is 12.7. The van der Waals surface area contributed by atoms with Crippen LogP contribution in [0.15, 0.2) is 18.2 Å². The molecule has 0 aliphatic carbocycles. The SMILES string of the molecule is CC(C)OCCCNc1nc(C(F)(F)F)nc2ccc(F)cc12. The van der Waals surface area contributed by atoms with Crippen LogP contribution in [0.1, 0.15) is 26.1 Å². The third-order valence-electron chi connectivity index (χ3n) is 2.98. The average molecular weight is 331 g/mol. The Morgan fingerprint density at radius 3 is 2.61 bits per heavy atom. The molecular weight excluding hydrogens is 314 g/mol. The van der Waals surface area contributed by atoms with E-state index in [0.29, 0.717) is 19.6 Å². The van der Waals surface area contributed by atoms with Crippen LogP contribution in [-0.4, -0.2) is 29.2 Å². The summed E-state index contributed by atoms with van der Waals surface area (Å²) >= 11 is 0. The summed E-state index contributed by atoms with van der Waals surface area (Å²) in [4.78, 5) is 6.94. The van der Waals surface area contributed by atoms with Crippen molar-refractivity contribution in [3.05, 3.63) is 29.8 Å². The van der Waals surface area contributed by atoms with Gasteiger partial charge < -0.3 is 10.1 Å². The fourth-order valence-electron chi connectivity index (χ4n) is 1.96. The second-order valence-corrected chi connectivity index (χ2v) is 5.25. The van der Waals surface area contributed by atoms with Gasteiger partial charge in [0, 0.05) is 18.5 Å². The molecule has 0 bridgehead atoms. The van der Waals surface area contributed by atoms with E-state index in [-0.39, 0.29) is 22.8 Å². The Morgan fingerprint density at radius 1 is 1.22 bits per heavy atom. The minimum absolute atomic E-state index is 0.0358. The van der Waals surface area contributed by atoms with Crippen LogP contribution in [0.2, 0.25) is 0 Å². The van der Waals surface area contributed by atoms with E-state index in [1.807, 2.05) is 13.8 Å². The zero-order valence-electron chi connectivity index (χ0n) is 12.7. The molecule has 2 rings (SSSR count). The van der Waals surface area contributed by atoms with Gasteiger partial charge in [-0.3, -0.25) is 0 Å². The van der Waals surface area contributed by atoms with Gasteiger partial charge in [-0.15, -0.1) is 0 Å². The molecule has 1 heterocycles. The van der Waals surface area contributed by atoms with Gasteiger partial charge in [-0.25, -0.2) is 14.4 Å². The van der Waals surface area contributed by atoms with E-state index >= 15 is 0 Å². The van der Waals surface area contributed by atoms with Crippen molar-refractivity contribution >= 4 is 16.7 Å². The van der Waals surface area contributed by atoms with E-state index in [1.165, 1.54) is 6.07 Å². The van der Waals surface area contributed by atoms with E-state index in [4.69, 9.17) is 4.74 Å². The summed E-state index contributed by atoms with van der Waals surface area (Å²) in [6.45, 7) is 4.61. The van der Waals surface area contributed by atoms with Gasteiger partial charge in [-0.05, 0) is 38.5 Å². The van der Waals surface area contributed by atoms with Gasteiger partial charge in [-0.1, -0.05) is 0 Å². The average Bonchev–Trinajstić information content (AvgIpc) is 2.45. The van der Waals surface area contributed by atoms with Crippen molar-refractivity contribution in [1.29, 1.82) is 0 Å². The molecule has 0 spiro atoms. The van der Waals surface area contributed by atoms with E-state index in [1.54, 1.807) is 0 Å². The first-order valence-corrected chi connectivity index (χ1v) is 7.17. The van der Waals surface area contributed by atoms with Crippen LogP contribution in [0, 0.1) is 5.82 Å². The molecule has 8 heteroatoms. The number of fused-ring (bicyclic) bond motifs is 1. The van der Waals surface area contributed by atoms with Gasteiger partial charge in [0.2, 0.25) is 5.82 Å². The maximum absolute atomic E-state index is 13.4. The third kappa shape index (κ3) is 4.75. The molecule has 0 aliphatic rings. The summed E-state index contributed by atoms with van der Waals surface area (Å²) in [5, 5.41) is 3.01. The quantitative estimate of drug-likeness (QED) is 0.642. The van der Waals surface area contributed by atoms with Crippen molar-refractivity contribution in [2.24, 2.45) is 0 Å². The lowest BCUT2D eigenvalue weighted by molar-refractivity contribution is -0.144. The molecule has 0 radical (unpaired) electrons. The maximum atomic E-state index is 13.4. The highest BCUT2D eigenvalue weighted by Gasteiger charge is 2.35. The minimum atomic E-state index is -4.67. The number of hydrogen-bond donors (Lipinski definition) is 1. The smallest absolute Gasteiger partial charge is 0.379 e. The second kappa shape index (κ2) is 7.08. The number of hydrogen-bond acceptors (Lipinski definition) is 4. The Balaban J connectivity index is 2.23. The number of nitrogens with one attached hydrogen (secondary N) is 1. The van der Waals surface area contributed by atoms with Crippen LogP contribution in [-0.2, 0) is 10.9 Å². The number of ether oxygens (including phenoxy) is 1. The third-order valence-corrected chi connectivity index (χ3v) is 2.98. The highest BCUT2D eigenvalue weighted by atomic mass is 19.4. The van der Waals surface area contributed by atoms with Crippen LogP contribution < -0.4 is 5.32 Å². The number of rotatable bonds is 6. The van der Waals surface area contributed by atoms with Crippen LogP contribution in [0.4, 0.5) is 23.4 Å². The Bertz CT molecular complexity index is 674. The van der Waals surface area contributed by atoms with Gasteiger partial charge in [0.05, 0.1) is 11.6 Å². The molecule has 0 atom stereocenters. The first-order chi connectivity index (χ1) is 10.8. The first kappa shape index (κ1) is 17.4. The molecule has 0 saturated heterocycles. The van der Waals surface area contributed by atoms with Crippen molar-refractivity contribution in [1.82, 2.24) is 9.97 Å². The molecule has 1 aromatic heterocycles. The summed E-state index contributed by atoms with van der Waals surface area (Å²) in [5.41, 5.74) is 0.0367. The highest BCUT2D eigenvalue weighted by Crippen LogP contribution is 2.30. The van der Waals surface area contributed by atoms with Crippen molar-refractivity contribution < 1.29 is 22.3 Å². The Labute approximate surface area is 130 Å². The summed E-state index contributed by atoms with van der Waals surface area (Å²) < 4.78 is 57.3. The summed E-state index contributed by atoms with van der Waals surface area (Å²) in [5.74, 6) is -1.85. The summed E-state index contributed by atoms with van der Waals surface area (Å²) in [6, 6.07) is 3.38.